The van der Waals surface area contributed by atoms with Gasteiger partial charge < -0.3 is 10.8 Å². The van der Waals surface area contributed by atoms with Crippen LogP contribution in [0.2, 0.25) is 0 Å². The van der Waals surface area contributed by atoms with Crippen molar-refractivity contribution in [2.75, 3.05) is 5.73 Å². The van der Waals surface area contributed by atoms with E-state index in [4.69, 9.17) is 22.4 Å². The van der Waals surface area contributed by atoms with Crippen LogP contribution in [0.5, 0.6) is 0 Å². The minimum Gasteiger partial charge on any atom is -0.478 e. The Balaban J connectivity index is 1.96. The summed E-state index contributed by atoms with van der Waals surface area (Å²) in [5.41, 5.74) is 7.49. The maximum Gasteiger partial charge on any atom is 0.339 e. The van der Waals surface area contributed by atoms with E-state index in [1.54, 1.807) is 4.68 Å². The molecule has 1 atom stereocenters. The molecule has 0 fully saturated rings. The molecule has 3 rings (SSSR count). The van der Waals surface area contributed by atoms with Crippen LogP contribution in [0.15, 0.2) is 42.7 Å². The summed E-state index contributed by atoms with van der Waals surface area (Å²) in [5.74, 6) is -1.11. The van der Waals surface area contributed by atoms with Crippen molar-refractivity contribution in [2.45, 2.75) is 11.9 Å². The number of halogens is 1. The predicted molar refractivity (Wildman–Crippen MR) is 83.9 cm³/mol. The van der Waals surface area contributed by atoms with Gasteiger partial charge in [-0.2, -0.15) is 5.10 Å². The Hall–Kier alpha value is -2.60. The minimum absolute atomic E-state index is 0.0301. The zero-order valence-corrected chi connectivity index (χ0v) is 12.2. The molecule has 1 aromatic carbocycles. The highest BCUT2D eigenvalue weighted by Crippen LogP contribution is 2.26. The minimum atomic E-state index is -1.11. The van der Waals surface area contributed by atoms with Gasteiger partial charge in [0.2, 0.25) is 0 Å². The molecule has 0 radical (unpaired) electrons. The van der Waals surface area contributed by atoms with Crippen LogP contribution in [0.25, 0.3) is 11.0 Å². The highest BCUT2D eigenvalue weighted by Gasteiger charge is 2.17. The molecular weight excluding hydrogens is 304 g/mol. The van der Waals surface area contributed by atoms with Crippen LogP contribution < -0.4 is 5.73 Å². The Kier molecular flexibility index (Phi) is 3.68. The van der Waals surface area contributed by atoms with Crippen molar-refractivity contribution in [3.05, 3.63) is 53.9 Å². The summed E-state index contributed by atoms with van der Waals surface area (Å²) < 4.78 is 1.63. The third-order valence-electron chi connectivity index (χ3n) is 3.43. The van der Waals surface area contributed by atoms with Gasteiger partial charge in [0.25, 0.3) is 0 Å². The Morgan fingerprint density at radius 2 is 2.05 bits per heavy atom. The number of benzene rings is 1. The third-order valence-corrected chi connectivity index (χ3v) is 3.82. The van der Waals surface area contributed by atoms with Crippen LogP contribution >= 0.6 is 11.6 Å². The molecule has 1 unspecified atom stereocenters. The third kappa shape index (κ3) is 2.48. The molecule has 6 nitrogen and oxygen atoms in total. The molecule has 0 aliphatic carbocycles. The van der Waals surface area contributed by atoms with Crippen molar-refractivity contribution in [3.8, 4) is 0 Å². The van der Waals surface area contributed by atoms with Gasteiger partial charge in [0, 0.05) is 6.20 Å². The summed E-state index contributed by atoms with van der Waals surface area (Å²) in [7, 11) is 0. The van der Waals surface area contributed by atoms with Gasteiger partial charge in [-0.05, 0) is 5.56 Å². The lowest BCUT2D eigenvalue weighted by Crippen LogP contribution is -2.08. The number of rotatable bonds is 4. The molecule has 0 amide bonds. The van der Waals surface area contributed by atoms with E-state index in [9.17, 15) is 4.79 Å². The molecule has 3 aromatic rings. The Bertz CT molecular complexity index is 832. The van der Waals surface area contributed by atoms with Crippen LogP contribution in [0.1, 0.15) is 21.3 Å². The largest absolute Gasteiger partial charge is 0.478 e. The Morgan fingerprint density at radius 1 is 1.32 bits per heavy atom. The van der Waals surface area contributed by atoms with Crippen molar-refractivity contribution in [3.63, 3.8) is 0 Å². The van der Waals surface area contributed by atoms with Crippen molar-refractivity contribution in [2.24, 2.45) is 0 Å². The fourth-order valence-electron chi connectivity index (χ4n) is 2.27. The molecule has 0 saturated carbocycles. The number of hydrogen-bond donors (Lipinski definition) is 2. The first-order valence-electron chi connectivity index (χ1n) is 6.60. The number of hydrogen-bond acceptors (Lipinski definition) is 4. The second-order valence-corrected chi connectivity index (χ2v) is 5.36. The summed E-state index contributed by atoms with van der Waals surface area (Å²) in [6, 6.07) is 9.63. The number of carbonyl (C=O) groups is 1. The van der Waals surface area contributed by atoms with Gasteiger partial charge in [0.1, 0.15) is 5.56 Å². The summed E-state index contributed by atoms with van der Waals surface area (Å²) in [6.45, 7) is 0.411. The maximum atomic E-state index is 11.1. The number of anilines is 1. The number of fused-ring (bicyclic) bond motifs is 1. The summed E-state index contributed by atoms with van der Waals surface area (Å²) >= 11 is 6.41. The molecule has 0 bridgehead atoms. The van der Waals surface area contributed by atoms with E-state index >= 15 is 0 Å². The number of aromatic nitrogens is 3. The molecule has 0 aliphatic rings. The zero-order valence-electron chi connectivity index (χ0n) is 11.5. The Labute approximate surface area is 131 Å². The lowest BCUT2D eigenvalue weighted by molar-refractivity contribution is 0.0698. The average molecular weight is 317 g/mol. The van der Waals surface area contributed by atoms with Gasteiger partial charge in [-0.25, -0.2) is 14.5 Å². The molecular formula is C15H13ClN4O2. The molecule has 112 valence electrons. The van der Waals surface area contributed by atoms with Crippen molar-refractivity contribution < 1.29 is 9.90 Å². The van der Waals surface area contributed by atoms with E-state index in [-0.39, 0.29) is 16.6 Å². The number of carboxylic acids is 1. The van der Waals surface area contributed by atoms with Gasteiger partial charge in [-0.3, -0.25) is 0 Å². The first-order valence-corrected chi connectivity index (χ1v) is 7.04. The van der Waals surface area contributed by atoms with Gasteiger partial charge in [-0.1, -0.05) is 30.3 Å². The number of alkyl halides is 1. The summed E-state index contributed by atoms with van der Waals surface area (Å²) in [4.78, 5) is 15.2. The first kappa shape index (κ1) is 14.3. The van der Waals surface area contributed by atoms with Gasteiger partial charge in [0.15, 0.2) is 5.65 Å². The second kappa shape index (κ2) is 5.65. The van der Waals surface area contributed by atoms with Crippen LogP contribution in [0.4, 0.5) is 5.69 Å². The highest BCUT2D eigenvalue weighted by atomic mass is 35.5. The number of nitrogen functional groups attached to an aromatic ring is 1. The average Bonchev–Trinajstić information content (AvgIpc) is 2.92. The van der Waals surface area contributed by atoms with E-state index in [2.05, 4.69) is 10.1 Å². The Morgan fingerprint density at radius 3 is 2.73 bits per heavy atom. The van der Waals surface area contributed by atoms with Crippen LogP contribution in [0.3, 0.4) is 0 Å². The first-order chi connectivity index (χ1) is 10.6. The highest BCUT2D eigenvalue weighted by molar-refractivity contribution is 6.20. The van der Waals surface area contributed by atoms with Crippen LogP contribution in [0, 0.1) is 0 Å². The van der Waals surface area contributed by atoms with Crippen LogP contribution in [-0.4, -0.2) is 25.8 Å². The molecule has 3 N–H and O–H groups in total. The normalized spacial score (nSPS) is 12.4. The standard InChI is InChI=1S/C15H13ClN4O2/c16-12(9-4-2-1-3-5-9)8-20-14-10(7-19-20)13(17)11(6-18-14)15(21)22/h1-7,12H,8H2,(H2,17,18)(H,21,22). The lowest BCUT2D eigenvalue weighted by Gasteiger charge is -2.10. The van der Waals surface area contributed by atoms with E-state index in [1.807, 2.05) is 30.3 Å². The van der Waals surface area contributed by atoms with E-state index in [1.165, 1.54) is 12.4 Å². The smallest absolute Gasteiger partial charge is 0.339 e. The van der Waals surface area contributed by atoms with Crippen molar-refractivity contribution in [1.82, 2.24) is 14.8 Å². The summed E-state index contributed by atoms with van der Waals surface area (Å²) in [6.07, 6.45) is 2.75. The fraction of sp³-hybridized carbons (Fsp3) is 0.133. The molecule has 0 saturated heterocycles. The number of pyridine rings is 1. The van der Waals surface area contributed by atoms with Gasteiger partial charge in [-0.15, -0.1) is 11.6 Å². The molecule has 2 aromatic heterocycles. The molecule has 0 spiro atoms. The topological polar surface area (TPSA) is 94.0 Å². The van der Waals surface area contributed by atoms with Crippen molar-refractivity contribution in [1.29, 1.82) is 0 Å². The van der Waals surface area contributed by atoms with E-state index in [0.29, 0.717) is 17.6 Å². The number of nitrogens with two attached hydrogens (primary N) is 1. The van der Waals surface area contributed by atoms with E-state index in [0.717, 1.165) is 5.56 Å². The fourth-order valence-corrected chi connectivity index (χ4v) is 2.54. The zero-order chi connectivity index (χ0) is 15.7. The van der Waals surface area contributed by atoms with E-state index < -0.39 is 5.97 Å². The van der Waals surface area contributed by atoms with Crippen LogP contribution in [-0.2, 0) is 6.54 Å². The predicted octanol–water partition coefficient (Wildman–Crippen LogP) is 2.69. The van der Waals surface area contributed by atoms with Gasteiger partial charge >= 0.3 is 5.97 Å². The monoisotopic (exact) mass is 316 g/mol. The molecule has 7 heteroatoms. The maximum absolute atomic E-state index is 11.1. The molecule has 0 aliphatic heterocycles. The quantitative estimate of drug-likeness (QED) is 0.722. The van der Waals surface area contributed by atoms with Crippen molar-refractivity contribution >= 4 is 34.3 Å². The SMILES string of the molecule is Nc1c(C(=O)O)cnc2c1cnn2CC(Cl)c1ccccc1. The van der Waals surface area contributed by atoms with Gasteiger partial charge in [0.05, 0.1) is 29.2 Å². The second-order valence-electron chi connectivity index (χ2n) is 4.83. The number of carboxylic acid groups (broad SMARTS) is 1. The lowest BCUT2D eigenvalue weighted by atomic mass is 10.1. The number of aromatic carboxylic acids is 1. The number of nitrogens with zero attached hydrogens (tertiary/aromatic N) is 3. The molecule has 22 heavy (non-hydrogen) atoms. The molecule has 2 heterocycles. The summed E-state index contributed by atoms with van der Waals surface area (Å²) in [5, 5.41) is 13.5.